The van der Waals surface area contributed by atoms with E-state index in [9.17, 15) is 16.8 Å². The van der Waals surface area contributed by atoms with Crippen LogP contribution < -0.4 is 0 Å². The molecule has 0 amide bonds. The van der Waals surface area contributed by atoms with E-state index in [1.807, 2.05) is 67.6 Å². The molecular formula is C26H28N2O4S2. The highest BCUT2D eigenvalue weighted by atomic mass is 32.2. The van der Waals surface area contributed by atoms with Crippen molar-refractivity contribution in [3.63, 3.8) is 0 Å². The topological polar surface area (TPSA) is 74.8 Å². The molecule has 178 valence electrons. The first-order chi connectivity index (χ1) is 16.1. The molecular weight excluding hydrogens is 468 g/mol. The highest BCUT2D eigenvalue weighted by molar-refractivity contribution is 7.89. The molecule has 1 heterocycles. The lowest BCUT2D eigenvalue weighted by atomic mass is 9.82. The molecule has 1 aliphatic heterocycles. The van der Waals surface area contributed by atoms with Gasteiger partial charge in [0.25, 0.3) is 10.0 Å². The Balaban J connectivity index is 2.02. The number of benzene rings is 3. The van der Waals surface area contributed by atoms with Crippen LogP contribution in [0.15, 0.2) is 95.6 Å². The SMILES string of the molecule is Cc1ccc(S(=O)(=O)N2CCC(c3ccccc3)C(c3ccccc3)=C2N(C)S(C)(=O)=O)cc1. The van der Waals surface area contributed by atoms with Crippen molar-refractivity contribution in [2.75, 3.05) is 19.8 Å². The van der Waals surface area contributed by atoms with Crippen molar-refractivity contribution in [3.8, 4) is 0 Å². The van der Waals surface area contributed by atoms with Crippen LogP contribution in [0.1, 0.15) is 29.0 Å². The fourth-order valence-corrected chi connectivity index (χ4v) is 6.40. The van der Waals surface area contributed by atoms with Crippen molar-refractivity contribution >= 4 is 25.6 Å². The Kier molecular flexibility index (Phi) is 6.55. The zero-order chi connectivity index (χ0) is 24.5. The molecule has 6 nitrogen and oxygen atoms in total. The Bertz CT molecular complexity index is 1400. The van der Waals surface area contributed by atoms with Crippen molar-refractivity contribution in [3.05, 3.63) is 107 Å². The summed E-state index contributed by atoms with van der Waals surface area (Å²) in [5.41, 5.74) is 3.40. The van der Waals surface area contributed by atoms with Crippen molar-refractivity contribution in [2.45, 2.75) is 24.2 Å². The van der Waals surface area contributed by atoms with Crippen molar-refractivity contribution in [1.29, 1.82) is 0 Å². The van der Waals surface area contributed by atoms with Crippen LogP contribution in [0.3, 0.4) is 0 Å². The largest absolute Gasteiger partial charge is 0.265 e. The third kappa shape index (κ3) is 4.60. The summed E-state index contributed by atoms with van der Waals surface area (Å²) in [7, 11) is -6.36. The Morgan fingerprint density at radius 2 is 1.38 bits per heavy atom. The summed E-state index contributed by atoms with van der Waals surface area (Å²) in [6.07, 6.45) is 1.60. The molecule has 34 heavy (non-hydrogen) atoms. The number of hydrogen-bond acceptors (Lipinski definition) is 4. The van der Waals surface area contributed by atoms with E-state index in [-0.39, 0.29) is 23.2 Å². The maximum atomic E-state index is 13.8. The minimum Gasteiger partial charge on any atom is -0.258 e. The van der Waals surface area contributed by atoms with E-state index >= 15 is 0 Å². The van der Waals surface area contributed by atoms with E-state index in [1.165, 1.54) is 11.4 Å². The molecule has 0 bridgehead atoms. The Morgan fingerprint density at radius 1 is 0.824 bits per heavy atom. The molecule has 1 atom stereocenters. The highest BCUT2D eigenvalue weighted by Crippen LogP contribution is 2.44. The lowest BCUT2D eigenvalue weighted by Gasteiger charge is -2.40. The number of nitrogens with zero attached hydrogens (tertiary/aromatic N) is 2. The monoisotopic (exact) mass is 496 g/mol. The van der Waals surface area contributed by atoms with Crippen LogP contribution in [0.5, 0.6) is 0 Å². The number of hydrogen-bond donors (Lipinski definition) is 0. The van der Waals surface area contributed by atoms with Crippen LogP contribution in [0, 0.1) is 6.92 Å². The molecule has 0 fully saturated rings. The molecule has 0 radical (unpaired) electrons. The van der Waals surface area contributed by atoms with Gasteiger partial charge in [-0.2, -0.15) is 0 Å². The van der Waals surface area contributed by atoms with E-state index < -0.39 is 20.0 Å². The first-order valence-corrected chi connectivity index (χ1v) is 14.3. The summed E-state index contributed by atoms with van der Waals surface area (Å²) in [4.78, 5) is 0.128. The summed E-state index contributed by atoms with van der Waals surface area (Å²) in [5.74, 6) is -0.0124. The summed E-state index contributed by atoms with van der Waals surface area (Å²) in [6.45, 7) is 2.04. The van der Waals surface area contributed by atoms with Gasteiger partial charge in [-0.05, 0) is 36.6 Å². The maximum absolute atomic E-state index is 13.8. The van der Waals surface area contributed by atoms with Gasteiger partial charge in [0.1, 0.15) is 5.82 Å². The highest BCUT2D eigenvalue weighted by Gasteiger charge is 2.40. The number of rotatable bonds is 6. The van der Waals surface area contributed by atoms with Gasteiger partial charge in [-0.1, -0.05) is 78.4 Å². The smallest absolute Gasteiger partial charge is 0.258 e. The molecule has 1 aliphatic rings. The molecule has 0 N–H and O–H groups in total. The van der Waals surface area contributed by atoms with Crippen molar-refractivity contribution < 1.29 is 16.8 Å². The summed E-state index contributed by atoms with van der Waals surface area (Å²) in [5, 5.41) is 0. The average molecular weight is 497 g/mol. The molecule has 4 rings (SSSR count). The van der Waals surface area contributed by atoms with Crippen LogP contribution in [0.25, 0.3) is 5.57 Å². The second kappa shape index (κ2) is 9.27. The second-order valence-corrected chi connectivity index (χ2v) is 12.4. The lowest BCUT2D eigenvalue weighted by Crippen LogP contribution is -2.44. The summed E-state index contributed by atoms with van der Waals surface area (Å²) >= 11 is 0. The Hall–Kier alpha value is -3.10. The fraction of sp³-hybridized carbons (Fsp3) is 0.231. The first kappa shape index (κ1) is 24.0. The summed E-state index contributed by atoms with van der Waals surface area (Å²) in [6, 6.07) is 25.8. The predicted molar refractivity (Wildman–Crippen MR) is 135 cm³/mol. The molecule has 0 aromatic heterocycles. The average Bonchev–Trinajstić information content (AvgIpc) is 2.83. The van der Waals surface area contributed by atoms with Gasteiger partial charge in [0.2, 0.25) is 10.0 Å². The normalized spacial score (nSPS) is 17.0. The minimum atomic E-state index is -4.01. The molecule has 8 heteroatoms. The molecule has 0 aliphatic carbocycles. The zero-order valence-electron chi connectivity index (χ0n) is 19.4. The van der Waals surface area contributed by atoms with Gasteiger partial charge in [0, 0.05) is 25.1 Å². The number of allylic oxidation sites excluding steroid dienone is 1. The quantitative estimate of drug-likeness (QED) is 0.506. The van der Waals surface area contributed by atoms with Crippen LogP contribution in [-0.2, 0) is 20.0 Å². The van der Waals surface area contributed by atoms with Crippen molar-refractivity contribution in [1.82, 2.24) is 8.61 Å². The van der Waals surface area contributed by atoms with E-state index in [1.54, 1.807) is 24.3 Å². The lowest BCUT2D eigenvalue weighted by molar-refractivity contribution is 0.370. The van der Waals surface area contributed by atoms with Crippen molar-refractivity contribution in [2.24, 2.45) is 0 Å². The summed E-state index contributed by atoms with van der Waals surface area (Å²) < 4.78 is 55.6. The van der Waals surface area contributed by atoms with Gasteiger partial charge in [-0.25, -0.2) is 16.8 Å². The van der Waals surface area contributed by atoms with E-state index in [0.29, 0.717) is 12.0 Å². The van der Waals surface area contributed by atoms with Gasteiger partial charge >= 0.3 is 0 Å². The number of sulfonamides is 2. The zero-order valence-corrected chi connectivity index (χ0v) is 21.1. The van der Waals surface area contributed by atoms with E-state index in [2.05, 4.69) is 0 Å². The van der Waals surface area contributed by atoms with Gasteiger partial charge in [-0.3, -0.25) is 8.61 Å². The van der Waals surface area contributed by atoms with Crippen LogP contribution in [0.2, 0.25) is 0 Å². The Morgan fingerprint density at radius 3 is 1.94 bits per heavy atom. The maximum Gasteiger partial charge on any atom is 0.265 e. The third-order valence-electron chi connectivity index (χ3n) is 6.14. The number of aryl methyl sites for hydroxylation is 1. The molecule has 0 saturated carbocycles. The van der Waals surface area contributed by atoms with Gasteiger partial charge < -0.3 is 0 Å². The predicted octanol–water partition coefficient (Wildman–Crippen LogP) is 4.43. The molecule has 0 spiro atoms. The minimum absolute atomic E-state index is 0.128. The third-order valence-corrected chi connectivity index (χ3v) is 9.11. The van der Waals surface area contributed by atoms with Gasteiger partial charge in [-0.15, -0.1) is 0 Å². The molecule has 3 aromatic rings. The van der Waals surface area contributed by atoms with Gasteiger partial charge in [0.05, 0.1) is 11.2 Å². The van der Waals surface area contributed by atoms with Crippen LogP contribution in [-0.4, -0.2) is 45.3 Å². The molecule has 1 unspecified atom stereocenters. The second-order valence-electron chi connectivity index (χ2n) is 8.48. The van der Waals surface area contributed by atoms with E-state index in [4.69, 9.17) is 0 Å². The first-order valence-electron chi connectivity index (χ1n) is 11.0. The van der Waals surface area contributed by atoms with Gasteiger partial charge in [0.15, 0.2) is 0 Å². The van der Waals surface area contributed by atoms with Crippen LogP contribution in [0.4, 0.5) is 0 Å². The Labute approximate surface area is 202 Å². The van der Waals surface area contributed by atoms with E-state index in [0.717, 1.165) is 27.3 Å². The van der Waals surface area contributed by atoms with Crippen LogP contribution >= 0.6 is 0 Å². The molecule has 3 aromatic carbocycles. The molecule has 0 saturated heterocycles. The standard InChI is InChI=1S/C26H28N2O4S2/c1-20-14-16-23(17-15-20)34(31,32)28-19-18-24(21-10-6-4-7-11-21)25(22-12-8-5-9-13-22)26(28)27(2)33(3,29)30/h4-17,24H,18-19H2,1-3H3. The fourth-order valence-electron chi connectivity index (χ4n) is 4.31.